The van der Waals surface area contributed by atoms with E-state index >= 15 is 0 Å². The second-order valence-electron chi connectivity index (χ2n) is 8.07. The van der Waals surface area contributed by atoms with E-state index < -0.39 is 11.8 Å². The molecule has 0 atom stereocenters. The molecule has 0 aliphatic rings. The molecule has 9 nitrogen and oxygen atoms in total. The number of hydrogen-bond donors (Lipinski definition) is 4. The van der Waals surface area contributed by atoms with E-state index in [2.05, 4.69) is 20.9 Å². The summed E-state index contributed by atoms with van der Waals surface area (Å²) in [6.45, 7) is 1.19. The molecule has 10 heteroatoms. The zero-order chi connectivity index (χ0) is 26.4. The van der Waals surface area contributed by atoms with Crippen LogP contribution >= 0.6 is 11.6 Å². The fourth-order valence-corrected chi connectivity index (χ4v) is 3.76. The van der Waals surface area contributed by atoms with Gasteiger partial charge in [-0.05, 0) is 61.1 Å². The summed E-state index contributed by atoms with van der Waals surface area (Å²) < 4.78 is 1.62. The number of carbonyl (C=O) groups is 2. The van der Waals surface area contributed by atoms with Crippen LogP contribution in [0.5, 0.6) is 5.75 Å². The molecule has 2 aromatic heterocycles. The maximum Gasteiger partial charge on any atom is 0.259 e. The number of amides is 2. The predicted molar refractivity (Wildman–Crippen MR) is 143 cm³/mol. The average molecular weight is 518 g/mol. The van der Waals surface area contributed by atoms with Gasteiger partial charge in [-0.3, -0.25) is 14.4 Å². The molecule has 0 saturated carbocycles. The van der Waals surface area contributed by atoms with Crippen molar-refractivity contribution >= 4 is 34.9 Å². The average Bonchev–Trinajstić information content (AvgIpc) is 2.90. The van der Waals surface area contributed by atoms with Gasteiger partial charge in [-0.1, -0.05) is 29.8 Å². The number of aromatic hydroxyl groups is 1. The topological polar surface area (TPSA) is 125 Å². The molecule has 37 heavy (non-hydrogen) atoms. The van der Waals surface area contributed by atoms with Crippen LogP contribution in [0.1, 0.15) is 20.7 Å². The van der Waals surface area contributed by atoms with Crippen LogP contribution in [-0.2, 0) is 6.54 Å². The number of phenolic OH excluding ortho intramolecular Hbond substituents is 1. The maximum absolute atomic E-state index is 13.0. The van der Waals surface area contributed by atoms with E-state index in [0.29, 0.717) is 29.2 Å². The number of para-hydroxylation sites is 1. The molecule has 188 valence electrons. The summed E-state index contributed by atoms with van der Waals surface area (Å²) >= 11 is 5.83. The van der Waals surface area contributed by atoms with Gasteiger partial charge < -0.3 is 25.6 Å². The number of aromatic nitrogens is 2. The Hall–Kier alpha value is -4.47. The number of nitrogens with zero attached hydrogens (tertiary/aromatic N) is 2. The molecule has 4 rings (SSSR count). The Morgan fingerprint density at radius 3 is 2.46 bits per heavy atom. The Morgan fingerprint density at radius 1 is 0.973 bits per heavy atom. The van der Waals surface area contributed by atoms with Gasteiger partial charge in [0.05, 0.1) is 16.3 Å². The molecule has 0 fully saturated rings. The first-order valence-corrected chi connectivity index (χ1v) is 11.8. The minimum absolute atomic E-state index is 0.0430. The van der Waals surface area contributed by atoms with Crippen LogP contribution in [-0.4, -0.2) is 40.1 Å². The third-order valence-corrected chi connectivity index (χ3v) is 5.80. The molecular weight excluding hydrogens is 494 g/mol. The van der Waals surface area contributed by atoms with Crippen LogP contribution < -0.4 is 21.5 Å². The van der Waals surface area contributed by atoms with Crippen molar-refractivity contribution in [1.29, 1.82) is 0 Å². The standard InChI is InChI=1S/C27H24ClN5O4/c1-29-13-15-33-14-3-5-20(27(33)37)17-7-9-18(10-8-17)25(35)32-24-21(4-2-6-22(24)34)26(36)31-23-12-11-19(28)16-30-23/h2-12,14,16,29,34H,13,15H2,1H3,(H,32,35)(H,30,31,36). The first-order valence-electron chi connectivity index (χ1n) is 11.4. The van der Waals surface area contributed by atoms with Crippen LogP contribution in [0.2, 0.25) is 5.02 Å². The molecule has 0 aliphatic heterocycles. The predicted octanol–water partition coefficient (Wildman–Crippen LogP) is 3.99. The van der Waals surface area contributed by atoms with E-state index in [0.717, 1.165) is 0 Å². The Balaban J connectivity index is 1.53. The highest BCUT2D eigenvalue weighted by Crippen LogP contribution is 2.29. The van der Waals surface area contributed by atoms with Crippen molar-refractivity contribution in [3.63, 3.8) is 0 Å². The smallest absolute Gasteiger partial charge is 0.259 e. The second kappa shape index (κ2) is 11.5. The number of likely N-dealkylation sites (N-methyl/N-ethyl adjacent to an activating group) is 1. The lowest BCUT2D eigenvalue weighted by atomic mass is 10.0. The summed E-state index contributed by atoms with van der Waals surface area (Å²) in [7, 11) is 1.82. The van der Waals surface area contributed by atoms with Crippen LogP contribution in [0.15, 0.2) is 83.9 Å². The fourth-order valence-electron chi connectivity index (χ4n) is 3.65. The minimum Gasteiger partial charge on any atom is -0.506 e. The van der Waals surface area contributed by atoms with E-state index in [1.54, 1.807) is 53.2 Å². The normalized spacial score (nSPS) is 10.6. The molecule has 4 N–H and O–H groups in total. The van der Waals surface area contributed by atoms with E-state index in [-0.39, 0.29) is 33.9 Å². The summed E-state index contributed by atoms with van der Waals surface area (Å²) in [5.41, 5.74) is 1.34. The quantitative estimate of drug-likeness (QED) is 0.262. The Kier molecular flexibility index (Phi) is 7.97. The Morgan fingerprint density at radius 2 is 1.76 bits per heavy atom. The van der Waals surface area contributed by atoms with Crippen molar-refractivity contribution in [2.24, 2.45) is 0 Å². The van der Waals surface area contributed by atoms with Gasteiger partial charge in [0.15, 0.2) is 0 Å². The van der Waals surface area contributed by atoms with E-state index in [4.69, 9.17) is 11.6 Å². The van der Waals surface area contributed by atoms with Gasteiger partial charge in [0.2, 0.25) is 0 Å². The molecule has 0 unspecified atom stereocenters. The van der Waals surface area contributed by atoms with Gasteiger partial charge in [0, 0.05) is 36.6 Å². The van der Waals surface area contributed by atoms with Crippen molar-refractivity contribution in [1.82, 2.24) is 14.9 Å². The molecule has 0 spiro atoms. The molecule has 0 saturated heterocycles. The number of halogens is 1. The molecule has 0 radical (unpaired) electrons. The van der Waals surface area contributed by atoms with Crippen molar-refractivity contribution < 1.29 is 14.7 Å². The van der Waals surface area contributed by atoms with Gasteiger partial charge in [-0.2, -0.15) is 0 Å². The van der Waals surface area contributed by atoms with Gasteiger partial charge >= 0.3 is 0 Å². The van der Waals surface area contributed by atoms with Crippen molar-refractivity contribution in [3.8, 4) is 16.9 Å². The van der Waals surface area contributed by atoms with Gasteiger partial charge in [0.1, 0.15) is 11.6 Å². The number of phenols is 1. The lowest BCUT2D eigenvalue weighted by Crippen LogP contribution is -2.25. The summed E-state index contributed by atoms with van der Waals surface area (Å²) in [4.78, 5) is 42.6. The zero-order valence-electron chi connectivity index (χ0n) is 19.9. The Bertz CT molecular complexity index is 1480. The van der Waals surface area contributed by atoms with Crippen molar-refractivity contribution in [3.05, 3.63) is 106 Å². The van der Waals surface area contributed by atoms with Crippen LogP contribution in [0.3, 0.4) is 0 Å². The second-order valence-corrected chi connectivity index (χ2v) is 8.51. The highest BCUT2D eigenvalue weighted by Gasteiger charge is 2.19. The van der Waals surface area contributed by atoms with Crippen LogP contribution in [0.4, 0.5) is 11.5 Å². The van der Waals surface area contributed by atoms with Crippen LogP contribution in [0, 0.1) is 0 Å². The number of hydrogen-bond acceptors (Lipinski definition) is 6. The molecule has 2 aromatic carbocycles. The first-order chi connectivity index (χ1) is 17.9. The minimum atomic E-state index is -0.574. The summed E-state index contributed by atoms with van der Waals surface area (Å²) in [6, 6.07) is 17.5. The van der Waals surface area contributed by atoms with E-state index in [1.807, 2.05) is 7.05 Å². The number of rotatable bonds is 8. The summed E-state index contributed by atoms with van der Waals surface area (Å²) in [5.74, 6) is -1.12. The molecule has 2 heterocycles. The molecule has 0 bridgehead atoms. The lowest BCUT2D eigenvalue weighted by molar-refractivity contribution is 0.102. The lowest BCUT2D eigenvalue weighted by Gasteiger charge is -2.13. The van der Waals surface area contributed by atoms with Gasteiger partial charge in [-0.15, -0.1) is 0 Å². The number of anilines is 2. The zero-order valence-corrected chi connectivity index (χ0v) is 20.6. The maximum atomic E-state index is 13.0. The van der Waals surface area contributed by atoms with Gasteiger partial charge in [0.25, 0.3) is 17.4 Å². The summed E-state index contributed by atoms with van der Waals surface area (Å²) in [5, 5.41) is 19.0. The first kappa shape index (κ1) is 25.6. The highest BCUT2D eigenvalue weighted by atomic mass is 35.5. The van der Waals surface area contributed by atoms with Crippen molar-refractivity contribution in [2.75, 3.05) is 24.2 Å². The SMILES string of the molecule is CNCCn1cccc(-c2ccc(C(=O)Nc3c(O)cccc3C(=O)Nc3ccc(Cl)cn3)cc2)c1=O. The van der Waals surface area contributed by atoms with E-state index in [1.165, 1.54) is 30.5 Å². The monoisotopic (exact) mass is 517 g/mol. The number of carbonyl (C=O) groups excluding carboxylic acids is 2. The molecule has 4 aromatic rings. The van der Waals surface area contributed by atoms with Crippen LogP contribution in [0.25, 0.3) is 11.1 Å². The van der Waals surface area contributed by atoms with E-state index in [9.17, 15) is 19.5 Å². The third-order valence-electron chi connectivity index (χ3n) is 5.58. The van der Waals surface area contributed by atoms with Gasteiger partial charge in [-0.25, -0.2) is 4.98 Å². The largest absolute Gasteiger partial charge is 0.506 e. The highest BCUT2D eigenvalue weighted by molar-refractivity contribution is 6.30. The number of pyridine rings is 2. The third kappa shape index (κ3) is 6.03. The summed E-state index contributed by atoms with van der Waals surface area (Å²) in [6.07, 6.45) is 3.12. The number of benzene rings is 2. The Labute approximate surface area is 217 Å². The fraction of sp³-hybridized carbons (Fsp3) is 0.111. The molecule has 0 aliphatic carbocycles. The van der Waals surface area contributed by atoms with Crippen molar-refractivity contribution in [2.45, 2.75) is 6.54 Å². The molecule has 2 amide bonds. The number of nitrogens with one attached hydrogen (secondary N) is 3. The molecular formula is C27H24ClN5O4.